The summed E-state index contributed by atoms with van der Waals surface area (Å²) in [5.41, 5.74) is 1.03. The van der Waals surface area contributed by atoms with Gasteiger partial charge in [-0.25, -0.2) is 4.98 Å². The molecule has 0 aromatic carbocycles. The summed E-state index contributed by atoms with van der Waals surface area (Å²) in [7, 11) is 0. The van der Waals surface area contributed by atoms with Crippen LogP contribution < -0.4 is 10.1 Å². The Labute approximate surface area is 109 Å². The van der Waals surface area contributed by atoms with Gasteiger partial charge in [0.15, 0.2) is 0 Å². The average molecular weight is 249 g/mol. The van der Waals surface area contributed by atoms with Crippen LogP contribution in [0.1, 0.15) is 44.5 Å². The summed E-state index contributed by atoms with van der Waals surface area (Å²) in [6.07, 6.45) is 4.52. The van der Waals surface area contributed by atoms with Gasteiger partial charge in [-0.05, 0) is 32.1 Å². The van der Waals surface area contributed by atoms with E-state index in [0.717, 1.165) is 55.0 Å². The molecule has 0 bridgehead atoms. The van der Waals surface area contributed by atoms with E-state index in [1.807, 2.05) is 6.92 Å². The van der Waals surface area contributed by atoms with Crippen molar-refractivity contribution in [2.24, 2.45) is 5.92 Å². The summed E-state index contributed by atoms with van der Waals surface area (Å²) in [6.45, 7) is 7.98. The van der Waals surface area contributed by atoms with Crippen LogP contribution in [0.3, 0.4) is 0 Å². The molecule has 1 fully saturated rings. The van der Waals surface area contributed by atoms with Crippen LogP contribution in [-0.4, -0.2) is 23.1 Å². The number of ether oxygens (including phenoxy) is 1. The van der Waals surface area contributed by atoms with Crippen molar-refractivity contribution in [1.29, 1.82) is 0 Å². The fraction of sp³-hybridized carbons (Fsp3) is 0.714. The molecule has 1 saturated carbocycles. The van der Waals surface area contributed by atoms with Crippen molar-refractivity contribution in [2.45, 2.75) is 46.5 Å². The zero-order chi connectivity index (χ0) is 13.0. The molecule has 0 spiro atoms. The lowest BCUT2D eigenvalue weighted by Crippen LogP contribution is -2.10. The van der Waals surface area contributed by atoms with Gasteiger partial charge in [0, 0.05) is 13.0 Å². The Bertz CT molecular complexity index is 402. The second-order valence-electron chi connectivity index (χ2n) is 4.95. The third-order valence-corrected chi connectivity index (χ3v) is 3.16. The van der Waals surface area contributed by atoms with E-state index in [1.165, 1.54) is 12.8 Å². The fourth-order valence-corrected chi connectivity index (χ4v) is 1.74. The summed E-state index contributed by atoms with van der Waals surface area (Å²) in [6, 6.07) is 0. The van der Waals surface area contributed by atoms with Gasteiger partial charge in [-0.2, -0.15) is 4.98 Å². The maximum atomic E-state index is 5.83. The molecule has 1 aromatic heterocycles. The van der Waals surface area contributed by atoms with Crippen LogP contribution in [0.5, 0.6) is 5.88 Å². The third-order valence-electron chi connectivity index (χ3n) is 3.16. The van der Waals surface area contributed by atoms with E-state index in [-0.39, 0.29) is 0 Å². The fourth-order valence-electron chi connectivity index (χ4n) is 1.74. The van der Waals surface area contributed by atoms with Gasteiger partial charge < -0.3 is 10.1 Å². The molecule has 1 aliphatic rings. The second kappa shape index (κ2) is 6.03. The predicted molar refractivity (Wildman–Crippen MR) is 73.1 cm³/mol. The van der Waals surface area contributed by atoms with Gasteiger partial charge in [-0.1, -0.05) is 13.8 Å². The van der Waals surface area contributed by atoms with E-state index in [0.29, 0.717) is 0 Å². The smallest absolute Gasteiger partial charge is 0.221 e. The number of nitrogens with one attached hydrogen (secondary N) is 1. The molecule has 0 saturated heterocycles. The molecule has 2 rings (SSSR count). The quantitative estimate of drug-likeness (QED) is 0.807. The summed E-state index contributed by atoms with van der Waals surface area (Å²) >= 11 is 0. The summed E-state index contributed by atoms with van der Waals surface area (Å²) in [5, 5.41) is 3.35. The lowest BCUT2D eigenvalue weighted by atomic mass is 10.3. The summed E-state index contributed by atoms with van der Waals surface area (Å²) < 4.78 is 5.83. The molecule has 4 heteroatoms. The Morgan fingerprint density at radius 3 is 2.67 bits per heavy atom. The highest BCUT2D eigenvalue weighted by molar-refractivity contribution is 5.48. The van der Waals surface area contributed by atoms with Crippen LogP contribution in [0.15, 0.2) is 0 Å². The maximum absolute atomic E-state index is 5.83. The predicted octanol–water partition coefficient (Wildman–Crippen LogP) is 2.96. The van der Waals surface area contributed by atoms with Gasteiger partial charge in [0.1, 0.15) is 11.6 Å². The number of aryl methyl sites for hydroxylation is 1. The average Bonchev–Trinajstić information content (AvgIpc) is 3.20. The largest absolute Gasteiger partial charge is 0.477 e. The van der Waals surface area contributed by atoms with Crippen LogP contribution in [0.2, 0.25) is 0 Å². The van der Waals surface area contributed by atoms with Crippen LogP contribution in [-0.2, 0) is 6.42 Å². The summed E-state index contributed by atoms with van der Waals surface area (Å²) in [5.74, 6) is 3.28. The van der Waals surface area contributed by atoms with Gasteiger partial charge in [-0.15, -0.1) is 0 Å². The highest BCUT2D eigenvalue weighted by Gasteiger charge is 2.23. The molecule has 1 heterocycles. The topological polar surface area (TPSA) is 47.0 Å². The number of rotatable bonds is 7. The van der Waals surface area contributed by atoms with Crippen molar-refractivity contribution < 1.29 is 4.74 Å². The Hall–Kier alpha value is -1.32. The first-order valence-electron chi connectivity index (χ1n) is 6.98. The molecule has 1 aliphatic carbocycles. The molecule has 0 atom stereocenters. The Balaban J connectivity index is 2.13. The number of hydrogen-bond acceptors (Lipinski definition) is 4. The van der Waals surface area contributed by atoms with Gasteiger partial charge >= 0.3 is 0 Å². The maximum Gasteiger partial charge on any atom is 0.221 e. The lowest BCUT2D eigenvalue weighted by molar-refractivity contribution is 0.285. The van der Waals surface area contributed by atoms with Crippen molar-refractivity contribution >= 4 is 5.82 Å². The van der Waals surface area contributed by atoms with Gasteiger partial charge in [-0.3, -0.25) is 0 Å². The molecule has 0 unspecified atom stereocenters. The highest BCUT2D eigenvalue weighted by atomic mass is 16.5. The monoisotopic (exact) mass is 249 g/mol. The van der Waals surface area contributed by atoms with Gasteiger partial charge in [0.25, 0.3) is 0 Å². The molecular formula is C14H23N3O. The van der Waals surface area contributed by atoms with E-state index < -0.39 is 0 Å². The first-order valence-corrected chi connectivity index (χ1v) is 6.98. The van der Waals surface area contributed by atoms with Crippen LogP contribution in [0, 0.1) is 12.8 Å². The molecule has 0 radical (unpaired) electrons. The lowest BCUT2D eigenvalue weighted by Gasteiger charge is -2.13. The molecule has 1 N–H and O–H groups in total. The number of aromatic nitrogens is 2. The summed E-state index contributed by atoms with van der Waals surface area (Å²) in [4.78, 5) is 9.02. The van der Waals surface area contributed by atoms with Crippen LogP contribution >= 0.6 is 0 Å². The van der Waals surface area contributed by atoms with E-state index in [9.17, 15) is 0 Å². The van der Waals surface area contributed by atoms with Crippen LogP contribution in [0.4, 0.5) is 5.82 Å². The van der Waals surface area contributed by atoms with Crippen molar-refractivity contribution in [1.82, 2.24) is 9.97 Å². The minimum Gasteiger partial charge on any atom is -0.477 e. The number of anilines is 1. The molecule has 0 aliphatic heterocycles. The normalized spacial score (nSPS) is 14.6. The van der Waals surface area contributed by atoms with E-state index >= 15 is 0 Å². The van der Waals surface area contributed by atoms with Gasteiger partial charge in [0.05, 0.1) is 12.2 Å². The Morgan fingerprint density at radius 2 is 2.06 bits per heavy atom. The molecule has 18 heavy (non-hydrogen) atoms. The first kappa shape index (κ1) is 13.1. The number of nitrogens with zero attached hydrogens (tertiary/aromatic N) is 2. The molecule has 0 amide bonds. The van der Waals surface area contributed by atoms with E-state index in [2.05, 4.69) is 29.1 Å². The third kappa shape index (κ3) is 3.34. The molecule has 100 valence electrons. The van der Waals surface area contributed by atoms with E-state index in [1.54, 1.807) is 0 Å². The zero-order valence-electron chi connectivity index (χ0n) is 11.6. The van der Waals surface area contributed by atoms with Crippen LogP contribution in [0.25, 0.3) is 0 Å². The standard InChI is InChI=1S/C14H23N3O/c1-4-8-15-13-10(3)14(17-12(5-2)16-13)18-9-11-6-7-11/h11H,4-9H2,1-3H3,(H,15,16,17). The highest BCUT2D eigenvalue weighted by Crippen LogP contribution is 2.30. The number of hydrogen-bond donors (Lipinski definition) is 1. The Morgan fingerprint density at radius 1 is 1.28 bits per heavy atom. The first-order chi connectivity index (χ1) is 8.74. The zero-order valence-corrected chi connectivity index (χ0v) is 11.6. The molecular weight excluding hydrogens is 226 g/mol. The Kier molecular flexibility index (Phi) is 4.39. The van der Waals surface area contributed by atoms with E-state index in [4.69, 9.17) is 4.74 Å². The van der Waals surface area contributed by atoms with Crippen molar-refractivity contribution in [3.63, 3.8) is 0 Å². The molecule has 1 aromatic rings. The van der Waals surface area contributed by atoms with Crippen molar-refractivity contribution in [3.8, 4) is 5.88 Å². The SMILES string of the molecule is CCCNc1nc(CC)nc(OCC2CC2)c1C. The minimum atomic E-state index is 0.747. The van der Waals surface area contributed by atoms with Crippen molar-refractivity contribution in [3.05, 3.63) is 11.4 Å². The second-order valence-corrected chi connectivity index (χ2v) is 4.95. The molecule has 4 nitrogen and oxygen atoms in total. The van der Waals surface area contributed by atoms with Gasteiger partial charge in [0.2, 0.25) is 5.88 Å². The van der Waals surface area contributed by atoms with Crippen molar-refractivity contribution in [2.75, 3.05) is 18.5 Å². The minimum absolute atomic E-state index is 0.747.